The van der Waals surface area contributed by atoms with Crippen molar-refractivity contribution in [1.29, 1.82) is 0 Å². The first-order chi connectivity index (χ1) is 9.15. The van der Waals surface area contributed by atoms with Crippen molar-refractivity contribution in [3.05, 3.63) is 35.9 Å². The van der Waals surface area contributed by atoms with Crippen LogP contribution in [0.15, 0.2) is 24.5 Å². The summed E-state index contributed by atoms with van der Waals surface area (Å²) in [5.74, 6) is 0.290. The van der Waals surface area contributed by atoms with Crippen LogP contribution in [-0.2, 0) is 0 Å². The van der Waals surface area contributed by atoms with Crippen LogP contribution in [0.3, 0.4) is 0 Å². The van der Waals surface area contributed by atoms with Crippen molar-refractivity contribution in [3.63, 3.8) is 0 Å². The van der Waals surface area contributed by atoms with Gasteiger partial charge in [-0.25, -0.2) is 9.37 Å². The number of aromatic nitrogens is 4. The molecule has 0 aliphatic carbocycles. The van der Waals surface area contributed by atoms with E-state index in [9.17, 15) is 4.39 Å². The molecule has 0 saturated carbocycles. The van der Waals surface area contributed by atoms with Gasteiger partial charge in [0.05, 0.1) is 6.33 Å². The Morgan fingerprint density at radius 3 is 3.00 bits per heavy atom. The van der Waals surface area contributed by atoms with Crippen LogP contribution in [0.4, 0.5) is 21.8 Å². The van der Waals surface area contributed by atoms with Crippen LogP contribution < -0.4 is 11.1 Å². The number of benzene rings is 1. The number of H-pyrrole nitrogens is 1. The zero-order valence-corrected chi connectivity index (χ0v) is 10.1. The predicted octanol–water partition coefficient (Wildman–Crippen LogP) is 2.13. The molecule has 0 bridgehead atoms. The lowest BCUT2D eigenvalue weighted by molar-refractivity contribution is 0.619. The number of anilines is 3. The number of nitrogen functional groups attached to an aromatic ring is 1. The molecule has 0 unspecified atom stereocenters. The van der Waals surface area contributed by atoms with Gasteiger partial charge in [-0.15, -0.1) is 0 Å². The van der Waals surface area contributed by atoms with Gasteiger partial charge in [0, 0.05) is 11.3 Å². The molecule has 7 heteroatoms. The monoisotopic (exact) mass is 258 g/mol. The third-order valence-electron chi connectivity index (χ3n) is 2.82. The molecule has 6 nitrogen and oxygen atoms in total. The number of imidazole rings is 1. The molecule has 0 radical (unpaired) electrons. The highest BCUT2D eigenvalue weighted by atomic mass is 19.1. The van der Waals surface area contributed by atoms with Crippen LogP contribution in [0, 0.1) is 12.7 Å². The predicted molar refractivity (Wildman–Crippen MR) is 70.5 cm³/mol. The second kappa shape index (κ2) is 4.20. The summed E-state index contributed by atoms with van der Waals surface area (Å²) in [5.41, 5.74) is 7.83. The molecular weight excluding hydrogens is 247 g/mol. The lowest BCUT2D eigenvalue weighted by Gasteiger charge is -2.10. The molecule has 19 heavy (non-hydrogen) atoms. The Bertz CT molecular complexity index is 751. The highest BCUT2D eigenvalue weighted by molar-refractivity contribution is 5.86. The van der Waals surface area contributed by atoms with Crippen molar-refractivity contribution >= 4 is 28.6 Å². The topological polar surface area (TPSA) is 92.5 Å². The van der Waals surface area contributed by atoms with E-state index in [1.165, 1.54) is 12.4 Å². The lowest BCUT2D eigenvalue weighted by atomic mass is 10.2. The molecule has 0 saturated heterocycles. The maximum Gasteiger partial charge on any atom is 0.224 e. The molecule has 0 aliphatic heterocycles. The van der Waals surface area contributed by atoms with E-state index in [0.29, 0.717) is 28.2 Å². The number of nitrogens with zero attached hydrogens (tertiary/aromatic N) is 3. The van der Waals surface area contributed by atoms with Crippen LogP contribution in [0.1, 0.15) is 5.56 Å². The summed E-state index contributed by atoms with van der Waals surface area (Å²) < 4.78 is 13.5. The number of halogens is 1. The molecule has 0 amide bonds. The average Bonchev–Trinajstić information content (AvgIpc) is 2.83. The summed E-state index contributed by atoms with van der Waals surface area (Å²) in [4.78, 5) is 15.0. The van der Waals surface area contributed by atoms with Gasteiger partial charge in [0.1, 0.15) is 11.3 Å². The van der Waals surface area contributed by atoms with Crippen molar-refractivity contribution in [2.24, 2.45) is 0 Å². The van der Waals surface area contributed by atoms with Crippen LogP contribution in [0.5, 0.6) is 0 Å². The van der Waals surface area contributed by atoms with E-state index in [0.717, 1.165) is 0 Å². The van der Waals surface area contributed by atoms with Crippen molar-refractivity contribution in [2.45, 2.75) is 6.92 Å². The van der Waals surface area contributed by atoms with Crippen molar-refractivity contribution in [3.8, 4) is 0 Å². The van der Waals surface area contributed by atoms with Crippen LogP contribution in [-0.4, -0.2) is 19.9 Å². The van der Waals surface area contributed by atoms with Gasteiger partial charge in [-0.05, 0) is 19.1 Å². The summed E-state index contributed by atoms with van der Waals surface area (Å²) in [5, 5.41) is 3.04. The average molecular weight is 258 g/mol. The summed E-state index contributed by atoms with van der Waals surface area (Å²) >= 11 is 0. The Balaban J connectivity index is 2.10. The summed E-state index contributed by atoms with van der Waals surface area (Å²) in [6, 6.07) is 4.79. The fourth-order valence-corrected chi connectivity index (χ4v) is 1.81. The Hall–Kier alpha value is -2.70. The Morgan fingerprint density at radius 1 is 1.32 bits per heavy atom. The van der Waals surface area contributed by atoms with E-state index in [1.54, 1.807) is 19.1 Å². The summed E-state index contributed by atoms with van der Waals surface area (Å²) in [7, 11) is 0. The SMILES string of the molecule is Cc1c(F)cccc1Nc1nc(N)nc2nc[nH]c12. The molecule has 3 rings (SSSR count). The second-order valence-corrected chi connectivity index (χ2v) is 4.07. The third-order valence-corrected chi connectivity index (χ3v) is 2.82. The Kier molecular flexibility index (Phi) is 2.52. The smallest absolute Gasteiger partial charge is 0.224 e. The fraction of sp³-hybridized carbons (Fsp3) is 0.0833. The van der Waals surface area contributed by atoms with E-state index in [-0.39, 0.29) is 11.8 Å². The standard InChI is InChI=1S/C12H11FN6/c1-6-7(13)3-2-4-8(6)17-11-9-10(16-5-15-9)18-12(14)19-11/h2-5H,1H3,(H4,14,15,16,17,18,19). The normalized spacial score (nSPS) is 10.8. The minimum atomic E-state index is -0.284. The molecule has 3 aromatic rings. The third kappa shape index (κ3) is 1.95. The highest BCUT2D eigenvalue weighted by Crippen LogP contribution is 2.25. The minimum Gasteiger partial charge on any atom is -0.368 e. The number of nitrogens with one attached hydrogen (secondary N) is 2. The van der Waals surface area contributed by atoms with Gasteiger partial charge in [0.25, 0.3) is 0 Å². The van der Waals surface area contributed by atoms with E-state index in [4.69, 9.17) is 5.73 Å². The van der Waals surface area contributed by atoms with Crippen molar-refractivity contribution in [1.82, 2.24) is 19.9 Å². The first kappa shape index (κ1) is 11.4. The molecule has 0 aliphatic rings. The maximum absolute atomic E-state index is 13.5. The number of rotatable bonds is 2. The Labute approximate surface area is 107 Å². The Morgan fingerprint density at radius 2 is 2.16 bits per heavy atom. The highest BCUT2D eigenvalue weighted by Gasteiger charge is 2.10. The summed E-state index contributed by atoms with van der Waals surface area (Å²) in [6.07, 6.45) is 1.50. The molecule has 0 spiro atoms. The van der Waals surface area contributed by atoms with E-state index in [1.807, 2.05) is 0 Å². The first-order valence-electron chi connectivity index (χ1n) is 5.64. The second-order valence-electron chi connectivity index (χ2n) is 4.07. The maximum atomic E-state index is 13.5. The number of hydrogen-bond acceptors (Lipinski definition) is 5. The van der Waals surface area contributed by atoms with Gasteiger partial charge >= 0.3 is 0 Å². The first-order valence-corrected chi connectivity index (χ1v) is 5.64. The van der Waals surface area contributed by atoms with Crippen LogP contribution in [0.25, 0.3) is 11.2 Å². The van der Waals surface area contributed by atoms with Crippen LogP contribution >= 0.6 is 0 Å². The quantitative estimate of drug-likeness (QED) is 0.654. The minimum absolute atomic E-state index is 0.108. The van der Waals surface area contributed by atoms with Gasteiger partial charge in [-0.1, -0.05) is 6.07 Å². The van der Waals surface area contributed by atoms with Crippen molar-refractivity contribution in [2.75, 3.05) is 11.1 Å². The van der Waals surface area contributed by atoms with Gasteiger partial charge in [-0.2, -0.15) is 9.97 Å². The van der Waals surface area contributed by atoms with Gasteiger partial charge < -0.3 is 16.0 Å². The molecule has 4 N–H and O–H groups in total. The van der Waals surface area contributed by atoms with Crippen molar-refractivity contribution < 1.29 is 4.39 Å². The molecule has 0 fully saturated rings. The van der Waals surface area contributed by atoms with E-state index in [2.05, 4.69) is 25.3 Å². The van der Waals surface area contributed by atoms with Gasteiger partial charge in [0.15, 0.2) is 11.5 Å². The van der Waals surface area contributed by atoms with E-state index >= 15 is 0 Å². The van der Waals surface area contributed by atoms with Crippen LogP contribution in [0.2, 0.25) is 0 Å². The molecule has 0 atom stereocenters. The number of hydrogen-bond donors (Lipinski definition) is 3. The van der Waals surface area contributed by atoms with E-state index < -0.39 is 0 Å². The zero-order chi connectivity index (χ0) is 13.4. The number of aromatic amines is 1. The lowest BCUT2D eigenvalue weighted by Crippen LogP contribution is -2.02. The zero-order valence-electron chi connectivity index (χ0n) is 10.1. The fourth-order valence-electron chi connectivity index (χ4n) is 1.81. The largest absolute Gasteiger partial charge is 0.368 e. The molecule has 2 aromatic heterocycles. The summed E-state index contributed by atoms with van der Waals surface area (Å²) in [6.45, 7) is 1.69. The van der Waals surface area contributed by atoms with Gasteiger partial charge in [0.2, 0.25) is 5.95 Å². The van der Waals surface area contributed by atoms with Gasteiger partial charge in [-0.3, -0.25) is 0 Å². The number of nitrogens with two attached hydrogens (primary N) is 1. The molecule has 96 valence electrons. The molecular formula is C12H11FN6. The molecule has 1 aromatic carbocycles. The number of fused-ring (bicyclic) bond motifs is 1. The molecule has 2 heterocycles.